The van der Waals surface area contributed by atoms with Crippen molar-refractivity contribution in [3.63, 3.8) is 0 Å². The summed E-state index contributed by atoms with van der Waals surface area (Å²) >= 11 is 6.01. The SMILES string of the molecule is CCNC(c1ccc(Cl)c(C)c1)c1cccc(F)c1F. The highest BCUT2D eigenvalue weighted by molar-refractivity contribution is 6.31. The number of hydrogen-bond acceptors (Lipinski definition) is 1. The van der Waals surface area contributed by atoms with E-state index in [9.17, 15) is 8.78 Å². The molecule has 1 nitrogen and oxygen atoms in total. The Hall–Kier alpha value is -1.45. The molecule has 0 bridgehead atoms. The van der Waals surface area contributed by atoms with Gasteiger partial charge in [0.05, 0.1) is 6.04 Å². The first-order valence-corrected chi connectivity index (χ1v) is 6.85. The van der Waals surface area contributed by atoms with E-state index >= 15 is 0 Å². The molecule has 2 rings (SSSR count). The van der Waals surface area contributed by atoms with Gasteiger partial charge < -0.3 is 5.32 Å². The molecule has 20 heavy (non-hydrogen) atoms. The second-order valence-electron chi connectivity index (χ2n) is 4.64. The lowest BCUT2D eigenvalue weighted by atomic mass is 9.96. The Labute approximate surface area is 122 Å². The molecule has 0 radical (unpaired) electrons. The Morgan fingerprint density at radius 2 is 1.95 bits per heavy atom. The molecule has 0 amide bonds. The Morgan fingerprint density at radius 1 is 1.20 bits per heavy atom. The minimum Gasteiger partial charge on any atom is -0.306 e. The summed E-state index contributed by atoms with van der Waals surface area (Å²) < 4.78 is 27.4. The molecule has 1 atom stereocenters. The zero-order valence-corrected chi connectivity index (χ0v) is 12.1. The van der Waals surface area contributed by atoms with Crippen LogP contribution < -0.4 is 5.32 Å². The van der Waals surface area contributed by atoms with Gasteiger partial charge in [0.1, 0.15) is 0 Å². The van der Waals surface area contributed by atoms with Crippen LogP contribution in [0.1, 0.15) is 29.7 Å². The largest absolute Gasteiger partial charge is 0.306 e. The third-order valence-corrected chi connectivity index (χ3v) is 3.64. The maximum atomic E-state index is 14.0. The molecule has 1 N–H and O–H groups in total. The highest BCUT2D eigenvalue weighted by Gasteiger charge is 2.19. The van der Waals surface area contributed by atoms with Crippen LogP contribution in [0.5, 0.6) is 0 Å². The highest BCUT2D eigenvalue weighted by Crippen LogP contribution is 2.28. The second kappa shape index (κ2) is 6.33. The Morgan fingerprint density at radius 3 is 2.60 bits per heavy atom. The topological polar surface area (TPSA) is 12.0 Å². The predicted octanol–water partition coefficient (Wildman–Crippen LogP) is 4.63. The van der Waals surface area contributed by atoms with Gasteiger partial charge in [-0.1, -0.05) is 42.8 Å². The first-order chi connectivity index (χ1) is 9.54. The lowest BCUT2D eigenvalue weighted by Crippen LogP contribution is -2.23. The van der Waals surface area contributed by atoms with Crippen LogP contribution >= 0.6 is 11.6 Å². The van der Waals surface area contributed by atoms with E-state index in [0.29, 0.717) is 17.1 Å². The molecule has 106 valence electrons. The van der Waals surface area contributed by atoms with Crippen LogP contribution in [0.15, 0.2) is 36.4 Å². The molecule has 0 saturated carbocycles. The first-order valence-electron chi connectivity index (χ1n) is 6.48. The van der Waals surface area contributed by atoms with Crippen molar-refractivity contribution in [1.29, 1.82) is 0 Å². The van der Waals surface area contributed by atoms with Gasteiger partial charge in [0.2, 0.25) is 0 Å². The summed E-state index contributed by atoms with van der Waals surface area (Å²) in [6.45, 7) is 4.45. The van der Waals surface area contributed by atoms with Gasteiger partial charge in [0.15, 0.2) is 11.6 Å². The van der Waals surface area contributed by atoms with Crippen LogP contribution in [0.3, 0.4) is 0 Å². The summed E-state index contributed by atoms with van der Waals surface area (Å²) in [5, 5.41) is 3.84. The van der Waals surface area contributed by atoms with Crippen molar-refractivity contribution in [2.45, 2.75) is 19.9 Å². The van der Waals surface area contributed by atoms with Crippen LogP contribution in [-0.2, 0) is 0 Å². The van der Waals surface area contributed by atoms with Crippen LogP contribution in [0.25, 0.3) is 0 Å². The van der Waals surface area contributed by atoms with Crippen LogP contribution in [0.4, 0.5) is 8.78 Å². The summed E-state index contributed by atoms with van der Waals surface area (Å²) in [6.07, 6.45) is 0. The normalized spacial score (nSPS) is 12.4. The molecule has 0 heterocycles. The number of nitrogens with one attached hydrogen (secondary N) is 1. The predicted molar refractivity (Wildman–Crippen MR) is 78.1 cm³/mol. The molecule has 0 saturated heterocycles. The lowest BCUT2D eigenvalue weighted by Gasteiger charge is -2.20. The Kier molecular flexibility index (Phi) is 4.73. The summed E-state index contributed by atoms with van der Waals surface area (Å²) in [6, 6.07) is 9.32. The van der Waals surface area contributed by atoms with Crippen molar-refractivity contribution in [3.8, 4) is 0 Å². The molecule has 2 aromatic carbocycles. The minimum absolute atomic E-state index is 0.300. The fraction of sp³-hybridized carbons (Fsp3) is 0.250. The zero-order chi connectivity index (χ0) is 14.7. The van der Waals surface area contributed by atoms with Crippen molar-refractivity contribution < 1.29 is 8.78 Å². The van der Waals surface area contributed by atoms with Crippen molar-refractivity contribution in [2.75, 3.05) is 6.54 Å². The maximum absolute atomic E-state index is 14.0. The molecule has 0 spiro atoms. The number of halogens is 3. The zero-order valence-electron chi connectivity index (χ0n) is 11.4. The standard InChI is InChI=1S/C16H16ClF2N/c1-3-20-16(11-7-8-13(17)10(2)9-11)12-5-4-6-14(18)15(12)19/h4-9,16,20H,3H2,1-2H3. The molecule has 0 aliphatic rings. The maximum Gasteiger partial charge on any atom is 0.163 e. The van der Waals surface area contributed by atoms with E-state index in [0.717, 1.165) is 17.2 Å². The average Bonchev–Trinajstić information content (AvgIpc) is 2.43. The number of benzene rings is 2. The van der Waals surface area contributed by atoms with E-state index in [1.165, 1.54) is 6.07 Å². The number of rotatable bonds is 4. The monoisotopic (exact) mass is 295 g/mol. The van der Waals surface area contributed by atoms with Crippen LogP contribution in [-0.4, -0.2) is 6.54 Å². The van der Waals surface area contributed by atoms with Crippen molar-refractivity contribution in [3.05, 3.63) is 69.7 Å². The second-order valence-corrected chi connectivity index (χ2v) is 5.05. The molecule has 2 aromatic rings. The van der Waals surface area contributed by atoms with Gasteiger partial charge in [0.25, 0.3) is 0 Å². The van der Waals surface area contributed by atoms with Crippen molar-refractivity contribution in [2.24, 2.45) is 0 Å². The van der Waals surface area contributed by atoms with Gasteiger partial charge in [-0.25, -0.2) is 8.78 Å². The highest BCUT2D eigenvalue weighted by atomic mass is 35.5. The van der Waals surface area contributed by atoms with Crippen LogP contribution in [0.2, 0.25) is 5.02 Å². The fourth-order valence-electron chi connectivity index (χ4n) is 2.20. The van der Waals surface area contributed by atoms with Gasteiger partial charge in [-0.15, -0.1) is 0 Å². The fourth-order valence-corrected chi connectivity index (χ4v) is 2.32. The third kappa shape index (κ3) is 3.00. The first kappa shape index (κ1) is 14.9. The van der Waals surface area contributed by atoms with E-state index in [1.807, 2.05) is 26.0 Å². The van der Waals surface area contributed by atoms with E-state index in [-0.39, 0.29) is 0 Å². The number of hydrogen-bond donors (Lipinski definition) is 1. The quantitative estimate of drug-likeness (QED) is 0.867. The summed E-state index contributed by atoms with van der Waals surface area (Å²) in [5.41, 5.74) is 2.07. The Balaban J connectivity index is 2.50. The third-order valence-electron chi connectivity index (χ3n) is 3.22. The molecule has 0 aromatic heterocycles. The number of aryl methyl sites for hydroxylation is 1. The Bertz CT molecular complexity index is 613. The van der Waals surface area contributed by atoms with E-state index in [2.05, 4.69) is 5.32 Å². The van der Waals surface area contributed by atoms with E-state index in [1.54, 1.807) is 12.1 Å². The molecule has 0 fully saturated rings. The molecule has 0 aliphatic carbocycles. The summed E-state index contributed by atoms with van der Waals surface area (Å²) in [7, 11) is 0. The minimum atomic E-state index is -0.837. The molecular weight excluding hydrogens is 280 g/mol. The van der Waals surface area contributed by atoms with E-state index < -0.39 is 17.7 Å². The van der Waals surface area contributed by atoms with Crippen molar-refractivity contribution >= 4 is 11.6 Å². The van der Waals surface area contributed by atoms with Crippen molar-refractivity contribution in [1.82, 2.24) is 5.32 Å². The smallest absolute Gasteiger partial charge is 0.163 e. The average molecular weight is 296 g/mol. The molecule has 0 aliphatic heterocycles. The van der Waals surface area contributed by atoms with Gasteiger partial charge in [0, 0.05) is 10.6 Å². The van der Waals surface area contributed by atoms with E-state index in [4.69, 9.17) is 11.6 Å². The van der Waals surface area contributed by atoms with Gasteiger partial charge >= 0.3 is 0 Å². The van der Waals surface area contributed by atoms with Gasteiger partial charge in [-0.05, 0) is 36.7 Å². The summed E-state index contributed by atoms with van der Waals surface area (Å²) in [5.74, 6) is -1.65. The molecular formula is C16H16ClF2N. The molecule has 1 unspecified atom stereocenters. The summed E-state index contributed by atoms with van der Waals surface area (Å²) in [4.78, 5) is 0. The van der Waals surface area contributed by atoms with Gasteiger partial charge in [-0.2, -0.15) is 0 Å². The lowest BCUT2D eigenvalue weighted by molar-refractivity contribution is 0.483. The van der Waals surface area contributed by atoms with Gasteiger partial charge in [-0.3, -0.25) is 0 Å². The van der Waals surface area contributed by atoms with Crippen LogP contribution in [0, 0.1) is 18.6 Å². The molecule has 4 heteroatoms.